The first kappa shape index (κ1) is 18.4. The third kappa shape index (κ3) is 5.33. The van der Waals surface area contributed by atoms with Crippen molar-refractivity contribution in [2.24, 2.45) is 0 Å². The van der Waals surface area contributed by atoms with Crippen LogP contribution >= 0.6 is 11.8 Å². The van der Waals surface area contributed by atoms with Gasteiger partial charge in [-0.25, -0.2) is 4.79 Å². The van der Waals surface area contributed by atoms with Gasteiger partial charge < -0.3 is 20.1 Å². The standard InChI is InChI=1S/C17H24N2O4S/c1-17(2,3)23-16(21)19-14-13(18-15(14)20)10-24-9-11-5-7-12(22-4)8-6-11/h5-8,13-14H,9-10H2,1-4H3,(H,18,20)(H,19,21). The lowest BCUT2D eigenvalue weighted by atomic mass is 10.0. The molecule has 1 aliphatic heterocycles. The zero-order valence-corrected chi connectivity index (χ0v) is 15.2. The van der Waals surface area contributed by atoms with Crippen LogP contribution in [0.25, 0.3) is 0 Å². The molecule has 0 spiro atoms. The molecule has 24 heavy (non-hydrogen) atoms. The molecule has 1 saturated heterocycles. The summed E-state index contributed by atoms with van der Waals surface area (Å²) in [6.45, 7) is 5.36. The summed E-state index contributed by atoms with van der Waals surface area (Å²) < 4.78 is 10.3. The highest BCUT2D eigenvalue weighted by Gasteiger charge is 2.40. The molecule has 0 aliphatic carbocycles. The van der Waals surface area contributed by atoms with Crippen LogP contribution in [0.3, 0.4) is 0 Å². The highest BCUT2D eigenvalue weighted by atomic mass is 32.2. The van der Waals surface area contributed by atoms with E-state index in [-0.39, 0.29) is 11.9 Å². The average Bonchev–Trinajstić information content (AvgIpc) is 2.51. The Hall–Kier alpha value is -1.89. The number of benzene rings is 1. The summed E-state index contributed by atoms with van der Waals surface area (Å²) in [6.07, 6.45) is -0.562. The normalized spacial score (nSPS) is 19.9. The number of alkyl carbamates (subject to hydrolysis) is 1. The van der Waals surface area contributed by atoms with Crippen molar-refractivity contribution in [3.8, 4) is 5.75 Å². The van der Waals surface area contributed by atoms with Crippen molar-refractivity contribution >= 4 is 23.8 Å². The number of nitrogens with one attached hydrogen (secondary N) is 2. The molecule has 2 unspecified atom stereocenters. The van der Waals surface area contributed by atoms with Crippen molar-refractivity contribution < 1.29 is 19.1 Å². The van der Waals surface area contributed by atoms with E-state index < -0.39 is 17.7 Å². The Kier molecular flexibility index (Phi) is 5.99. The second-order valence-corrected chi connectivity index (χ2v) is 7.63. The van der Waals surface area contributed by atoms with Crippen molar-refractivity contribution in [1.29, 1.82) is 0 Å². The molecule has 0 saturated carbocycles. The van der Waals surface area contributed by atoms with E-state index in [0.29, 0.717) is 0 Å². The van der Waals surface area contributed by atoms with Gasteiger partial charge in [0.05, 0.1) is 13.2 Å². The summed E-state index contributed by atoms with van der Waals surface area (Å²) >= 11 is 1.70. The van der Waals surface area contributed by atoms with E-state index >= 15 is 0 Å². The fourth-order valence-electron chi connectivity index (χ4n) is 2.21. The lowest BCUT2D eigenvalue weighted by Crippen LogP contribution is -2.70. The summed E-state index contributed by atoms with van der Waals surface area (Å²) in [6, 6.07) is 7.28. The van der Waals surface area contributed by atoms with Crippen LogP contribution in [0.15, 0.2) is 24.3 Å². The van der Waals surface area contributed by atoms with Crippen molar-refractivity contribution in [2.45, 2.75) is 44.2 Å². The van der Waals surface area contributed by atoms with E-state index in [0.717, 1.165) is 17.3 Å². The molecule has 1 aliphatic rings. The van der Waals surface area contributed by atoms with Crippen LogP contribution < -0.4 is 15.4 Å². The van der Waals surface area contributed by atoms with Gasteiger partial charge in [0.25, 0.3) is 0 Å². The Morgan fingerprint density at radius 3 is 2.50 bits per heavy atom. The quantitative estimate of drug-likeness (QED) is 0.769. The Morgan fingerprint density at radius 1 is 1.29 bits per heavy atom. The van der Waals surface area contributed by atoms with Crippen LogP contribution in [0, 0.1) is 0 Å². The Balaban J connectivity index is 1.75. The Labute approximate surface area is 146 Å². The van der Waals surface area contributed by atoms with Crippen LogP contribution in [0.2, 0.25) is 0 Å². The van der Waals surface area contributed by atoms with Gasteiger partial charge in [-0.3, -0.25) is 4.79 Å². The zero-order valence-electron chi connectivity index (χ0n) is 14.4. The van der Waals surface area contributed by atoms with Crippen molar-refractivity contribution in [3.05, 3.63) is 29.8 Å². The smallest absolute Gasteiger partial charge is 0.408 e. The molecular weight excluding hydrogens is 328 g/mol. The van der Waals surface area contributed by atoms with Crippen LogP contribution in [0.1, 0.15) is 26.3 Å². The maximum atomic E-state index is 11.8. The number of hydrogen-bond acceptors (Lipinski definition) is 5. The molecule has 6 nitrogen and oxygen atoms in total. The number of carbonyl (C=O) groups is 2. The Morgan fingerprint density at radius 2 is 1.96 bits per heavy atom. The monoisotopic (exact) mass is 352 g/mol. The minimum atomic E-state index is -0.580. The van der Waals surface area contributed by atoms with Gasteiger partial charge in [0, 0.05) is 11.5 Å². The van der Waals surface area contributed by atoms with Gasteiger partial charge in [-0.05, 0) is 38.5 Å². The molecule has 2 amide bonds. The van der Waals surface area contributed by atoms with Gasteiger partial charge in [0.2, 0.25) is 5.91 Å². The molecule has 132 valence electrons. The number of methoxy groups -OCH3 is 1. The summed E-state index contributed by atoms with van der Waals surface area (Å²) in [5, 5.41) is 5.45. The zero-order chi connectivity index (χ0) is 17.7. The van der Waals surface area contributed by atoms with Crippen molar-refractivity contribution in [3.63, 3.8) is 0 Å². The highest BCUT2D eigenvalue weighted by Crippen LogP contribution is 2.20. The number of hydrogen-bond donors (Lipinski definition) is 2. The van der Waals surface area contributed by atoms with Crippen LogP contribution in [0.4, 0.5) is 4.79 Å². The van der Waals surface area contributed by atoms with E-state index in [1.54, 1.807) is 39.6 Å². The van der Waals surface area contributed by atoms with E-state index in [1.807, 2.05) is 24.3 Å². The third-order valence-corrected chi connectivity index (χ3v) is 4.54. The van der Waals surface area contributed by atoms with Gasteiger partial charge >= 0.3 is 6.09 Å². The summed E-state index contributed by atoms with van der Waals surface area (Å²) in [5.41, 5.74) is 0.603. The molecule has 0 radical (unpaired) electrons. The first-order valence-electron chi connectivity index (χ1n) is 7.79. The van der Waals surface area contributed by atoms with Crippen molar-refractivity contribution in [2.75, 3.05) is 12.9 Å². The number of ether oxygens (including phenoxy) is 2. The fourth-order valence-corrected chi connectivity index (χ4v) is 3.28. The molecule has 1 aromatic rings. The predicted octanol–water partition coefficient (Wildman–Crippen LogP) is 2.32. The lowest BCUT2D eigenvalue weighted by Gasteiger charge is -2.37. The SMILES string of the molecule is COc1ccc(CSCC2NC(=O)C2NC(=O)OC(C)(C)C)cc1. The molecule has 1 heterocycles. The van der Waals surface area contributed by atoms with Gasteiger partial charge in [-0.1, -0.05) is 12.1 Å². The van der Waals surface area contributed by atoms with Gasteiger partial charge in [-0.15, -0.1) is 0 Å². The first-order chi connectivity index (χ1) is 11.3. The number of rotatable bonds is 6. The minimum Gasteiger partial charge on any atom is -0.497 e. The predicted molar refractivity (Wildman–Crippen MR) is 94.2 cm³/mol. The second kappa shape index (κ2) is 7.79. The van der Waals surface area contributed by atoms with Crippen molar-refractivity contribution in [1.82, 2.24) is 10.6 Å². The highest BCUT2D eigenvalue weighted by molar-refractivity contribution is 7.98. The van der Waals surface area contributed by atoms with E-state index in [1.165, 1.54) is 5.56 Å². The third-order valence-electron chi connectivity index (χ3n) is 3.41. The molecule has 1 aromatic carbocycles. The van der Waals surface area contributed by atoms with Gasteiger partial charge in [0.1, 0.15) is 17.4 Å². The Bertz CT molecular complexity index is 583. The fraction of sp³-hybridized carbons (Fsp3) is 0.529. The number of thioether (sulfide) groups is 1. The van der Waals surface area contributed by atoms with Crippen LogP contribution in [0.5, 0.6) is 5.75 Å². The number of amides is 2. The second-order valence-electron chi connectivity index (χ2n) is 6.60. The largest absolute Gasteiger partial charge is 0.497 e. The molecule has 0 aromatic heterocycles. The topological polar surface area (TPSA) is 76.7 Å². The van der Waals surface area contributed by atoms with Crippen LogP contribution in [-0.2, 0) is 15.3 Å². The summed E-state index contributed by atoms with van der Waals surface area (Å²) in [5.74, 6) is 2.21. The maximum absolute atomic E-state index is 11.8. The molecule has 1 fully saturated rings. The van der Waals surface area contributed by atoms with Gasteiger partial charge in [-0.2, -0.15) is 11.8 Å². The minimum absolute atomic E-state index is 0.0757. The molecule has 2 atom stereocenters. The average molecular weight is 352 g/mol. The molecular formula is C17H24N2O4S. The van der Waals surface area contributed by atoms with E-state index in [4.69, 9.17) is 9.47 Å². The molecule has 2 N–H and O–H groups in total. The van der Waals surface area contributed by atoms with E-state index in [9.17, 15) is 9.59 Å². The first-order valence-corrected chi connectivity index (χ1v) is 8.94. The molecule has 7 heteroatoms. The number of β-lactam (4-membered cyclic amide) rings is 1. The molecule has 2 rings (SSSR count). The molecule has 0 bridgehead atoms. The van der Waals surface area contributed by atoms with Crippen LogP contribution in [-0.4, -0.2) is 42.5 Å². The maximum Gasteiger partial charge on any atom is 0.408 e. The summed E-state index contributed by atoms with van der Waals surface area (Å²) in [7, 11) is 1.64. The van der Waals surface area contributed by atoms with E-state index in [2.05, 4.69) is 10.6 Å². The van der Waals surface area contributed by atoms with Gasteiger partial charge in [0.15, 0.2) is 0 Å². The number of carbonyl (C=O) groups excluding carboxylic acids is 2. The lowest BCUT2D eigenvalue weighted by molar-refractivity contribution is -0.131. The summed E-state index contributed by atoms with van der Waals surface area (Å²) in [4.78, 5) is 23.4.